The van der Waals surface area contributed by atoms with Crippen LogP contribution in [-0.2, 0) is 0 Å². The normalized spacial score (nSPS) is 19.7. The number of benzene rings is 2. The van der Waals surface area contributed by atoms with E-state index in [0.29, 0.717) is 24.3 Å². The summed E-state index contributed by atoms with van der Waals surface area (Å²) >= 11 is 0. The molecular formula is C26H29BN4O3. The third kappa shape index (κ3) is 4.63. The van der Waals surface area contributed by atoms with E-state index >= 15 is 0 Å². The molecular weight excluding hydrogens is 427 g/mol. The standard InChI is InChI=1S/C26H29BN4O3/c1-34-24-10-19(7-8-22(24)20-13-29-30-14-20)26(33)31-15-21(32)11-23(31)17-3-2-4-18(9-17)25(27)28-12-16-5-6-16/h2-4,7-10,13-14,16,21,23,27-28,32H,5-6,11-12,15H2,1H3,(H,29,30). The summed E-state index contributed by atoms with van der Waals surface area (Å²) in [4.78, 5) is 15.3. The van der Waals surface area contributed by atoms with Crippen molar-refractivity contribution >= 4 is 19.0 Å². The zero-order valence-corrected chi connectivity index (χ0v) is 19.3. The van der Waals surface area contributed by atoms with Gasteiger partial charge in [-0.2, -0.15) is 5.10 Å². The minimum absolute atomic E-state index is 0.130. The van der Waals surface area contributed by atoms with Gasteiger partial charge >= 0.3 is 177 Å². The zero-order valence-electron chi connectivity index (χ0n) is 19.3. The van der Waals surface area contributed by atoms with E-state index in [0.717, 1.165) is 40.3 Å². The molecule has 1 saturated heterocycles. The first-order valence-corrected chi connectivity index (χ1v) is 11.7. The Morgan fingerprint density at radius 3 is 2.85 bits per heavy atom. The molecule has 2 aliphatic rings. The summed E-state index contributed by atoms with van der Waals surface area (Å²) < 4.78 is 5.56. The molecule has 0 spiro atoms. The molecule has 3 N–H and O–H groups in total. The van der Waals surface area contributed by atoms with E-state index in [2.05, 4.69) is 29.1 Å². The van der Waals surface area contributed by atoms with Gasteiger partial charge in [-0.25, -0.2) is 0 Å². The number of amides is 1. The fraction of sp³-hybridized carbons (Fsp3) is 0.346. The van der Waals surface area contributed by atoms with Crippen LogP contribution in [-0.4, -0.2) is 65.5 Å². The molecule has 2 heterocycles. The fourth-order valence-corrected chi connectivity index (χ4v) is 4.61. The minimum atomic E-state index is -0.569. The van der Waals surface area contributed by atoms with Crippen molar-refractivity contribution in [3.8, 4) is 16.9 Å². The summed E-state index contributed by atoms with van der Waals surface area (Å²) in [5, 5.41) is 20.7. The quantitative estimate of drug-likeness (QED) is 0.453. The van der Waals surface area contributed by atoms with Gasteiger partial charge in [0.05, 0.1) is 6.20 Å². The Bertz CT molecular complexity index is 1190. The van der Waals surface area contributed by atoms with Crippen LogP contribution in [0.5, 0.6) is 5.75 Å². The van der Waals surface area contributed by atoms with Gasteiger partial charge in [0.1, 0.15) is 0 Å². The first-order chi connectivity index (χ1) is 16.5. The van der Waals surface area contributed by atoms with Crippen LogP contribution >= 0.6 is 0 Å². The Hall–Kier alpha value is -3.39. The molecule has 34 heavy (non-hydrogen) atoms. The number of β-amino-alcohol motifs (C(OH)–C–C–N with tert-alkyl or cyclic N) is 1. The summed E-state index contributed by atoms with van der Waals surface area (Å²) in [6.07, 6.45) is 6.00. The Labute approximate surface area is 200 Å². The van der Waals surface area contributed by atoms with Crippen LogP contribution in [0.15, 0.2) is 54.9 Å². The summed E-state index contributed by atoms with van der Waals surface area (Å²) in [6.45, 7) is 1.24. The Kier molecular flexibility index (Phi) is 6.24. The number of aliphatic hydroxyl groups is 1. The third-order valence-electron chi connectivity index (χ3n) is 6.72. The van der Waals surface area contributed by atoms with E-state index in [4.69, 9.17) is 4.74 Å². The van der Waals surface area contributed by atoms with Crippen molar-refractivity contribution in [3.05, 3.63) is 71.5 Å². The van der Waals surface area contributed by atoms with Gasteiger partial charge in [-0.3, -0.25) is 5.10 Å². The van der Waals surface area contributed by atoms with E-state index in [1.807, 2.05) is 24.3 Å². The Balaban J connectivity index is 1.38. The molecule has 0 radical (unpaired) electrons. The van der Waals surface area contributed by atoms with Gasteiger partial charge in [0.25, 0.3) is 0 Å². The fourth-order valence-electron chi connectivity index (χ4n) is 4.61. The predicted octanol–water partition coefficient (Wildman–Crippen LogP) is 2.41. The molecule has 1 aromatic heterocycles. The predicted molar refractivity (Wildman–Crippen MR) is 133 cm³/mol. The van der Waals surface area contributed by atoms with Crippen LogP contribution in [0, 0.1) is 5.92 Å². The molecule has 3 aromatic rings. The number of nitrogens with one attached hydrogen (secondary N) is 2. The van der Waals surface area contributed by atoms with Crippen LogP contribution in [0.2, 0.25) is 0 Å². The zero-order chi connectivity index (χ0) is 23.7. The van der Waals surface area contributed by atoms with Crippen molar-refractivity contribution in [2.45, 2.75) is 31.4 Å². The van der Waals surface area contributed by atoms with Gasteiger partial charge < -0.3 is 0 Å². The topological polar surface area (TPSA) is 90.5 Å². The van der Waals surface area contributed by atoms with Gasteiger partial charge in [0, 0.05) is 6.20 Å². The second kappa shape index (κ2) is 9.47. The molecule has 5 rings (SSSR count). The van der Waals surface area contributed by atoms with Crippen LogP contribution in [0.4, 0.5) is 0 Å². The number of aliphatic hydroxyl groups excluding tert-OH is 1. The number of nitrogens with zero attached hydrogens (tertiary/aromatic N) is 2. The maximum absolute atomic E-state index is 13.6. The monoisotopic (exact) mass is 456 g/mol. The number of aromatic nitrogens is 2. The first-order valence-electron chi connectivity index (χ1n) is 11.7. The average molecular weight is 456 g/mol. The molecule has 1 saturated carbocycles. The number of ether oxygens (including phenoxy) is 1. The van der Waals surface area contributed by atoms with Crippen molar-refractivity contribution in [3.63, 3.8) is 0 Å². The molecule has 0 bridgehead atoms. The van der Waals surface area contributed by atoms with Crippen LogP contribution in [0.3, 0.4) is 0 Å². The second-order valence-electron chi connectivity index (χ2n) is 9.19. The number of hydrogen-bond acceptors (Lipinski definition) is 5. The van der Waals surface area contributed by atoms with Gasteiger partial charge in [-0.1, -0.05) is 0 Å². The maximum atomic E-state index is 13.6. The van der Waals surface area contributed by atoms with Crippen LogP contribution in [0.1, 0.15) is 46.8 Å². The summed E-state index contributed by atoms with van der Waals surface area (Å²) in [6, 6.07) is 13.3. The number of hydrogen-bond donors (Lipinski definition) is 3. The van der Waals surface area contributed by atoms with Crippen molar-refractivity contribution < 1.29 is 14.6 Å². The van der Waals surface area contributed by atoms with E-state index in [1.54, 1.807) is 36.5 Å². The van der Waals surface area contributed by atoms with Crippen LogP contribution in [0.25, 0.3) is 11.1 Å². The molecule has 1 aliphatic carbocycles. The van der Waals surface area contributed by atoms with E-state index in [-0.39, 0.29) is 11.9 Å². The summed E-state index contributed by atoms with van der Waals surface area (Å²) in [5.41, 5.74) is 5.17. The van der Waals surface area contributed by atoms with Gasteiger partial charge in [-0.15, -0.1) is 0 Å². The van der Waals surface area contributed by atoms with Crippen LogP contribution < -0.4 is 10.1 Å². The first kappa shape index (κ1) is 22.4. The molecule has 7 nitrogen and oxygen atoms in total. The molecule has 2 unspecified atom stereocenters. The number of likely N-dealkylation sites (tertiary alicyclic amines) is 1. The number of H-pyrrole nitrogens is 1. The number of carbonyl (C=O) groups excluding carboxylic acids is 1. The van der Waals surface area contributed by atoms with Gasteiger partial charge in [-0.05, 0) is 0 Å². The third-order valence-corrected chi connectivity index (χ3v) is 6.72. The molecule has 2 aromatic carbocycles. The molecule has 8 heteroatoms. The molecule has 2 fully saturated rings. The average Bonchev–Trinajstić information content (AvgIpc) is 3.37. The van der Waals surface area contributed by atoms with Crippen molar-refractivity contribution in [2.75, 3.05) is 20.2 Å². The van der Waals surface area contributed by atoms with E-state index in [1.165, 1.54) is 12.8 Å². The number of carbonyl (C=O) groups is 1. The van der Waals surface area contributed by atoms with E-state index < -0.39 is 6.10 Å². The second-order valence-corrected chi connectivity index (χ2v) is 9.19. The molecule has 2 atom stereocenters. The molecule has 1 aliphatic heterocycles. The van der Waals surface area contributed by atoms with Gasteiger partial charge in [0.2, 0.25) is 0 Å². The number of rotatable bonds is 8. The van der Waals surface area contributed by atoms with E-state index in [9.17, 15) is 9.90 Å². The Morgan fingerprint density at radius 2 is 2.12 bits per heavy atom. The SMILES string of the molecule is B=C(NCC1CC1)c1cccc(C2CC(O)CN2C(=O)c2ccc(-c3cn[nH]c3)c(OC)c2)c1. The molecule has 174 valence electrons. The van der Waals surface area contributed by atoms with Gasteiger partial charge in [0.15, 0.2) is 0 Å². The molecule has 1 amide bonds. The number of aromatic amines is 1. The number of methoxy groups -OCH3 is 1. The van der Waals surface area contributed by atoms with Crippen molar-refractivity contribution in [1.82, 2.24) is 20.4 Å². The summed E-state index contributed by atoms with van der Waals surface area (Å²) in [7, 11) is 5.78. The van der Waals surface area contributed by atoms with Crippen molar-refractivity contribution in [2.24, 2.45) is 5.92 Å². The Morgan fingerprint density at radius 1 is 1.26 bits per heavy atom. The van der Waals surface area contributed by atoms with Crippen molar-refractivity contribution in [1.29, 1.82) is 0 Å². The summed E-state index contributed by atoms with van der Waals surface area (Å²) in [5.74, 6) is 1.23.